The fourth-order valence-corrected chi connectivity index (χ4v) is 3.94. The lowest BCUT2D eigenvalue weighted by Crippen LogP contribution is -2.49. The quantitative estimate of drug-likeness (QED) is 0.673. The number of carbonyl (C=O) groups is 2. The maximum Gasteiger partial charge on any atom is 0.328 e. The Hall–Kier alpha value is -3.03. The zero-order chi connectivity index (χ0) is 21.8. The number of amides is 1. The number of piperidine rings is 1. The Balaban J connectivity index is 2.18. The van der Waals surface area contributed by atoms with Crippen LogP contribution >= 0.6 is 0 Å². The second-order valence-electron chi connectivity index (χ2n) is 7.15. The van der Waals surface area contributed by atoms with Gasteiger partial charge in [0.25, 0.3) is 11.5 Å². The molecule has 30 heavy (non-hydrogen) atoms. The van der Waals surface area contributed by atoms with E-state index in [0.717, 1.165) is 12.8 Å². The van der Waals surface area contributed by atoms with Crippen LogP contribution in [0.5, 0.6) is 11.5 Å². The highest BCUT2D eigenvalue weighted by Crippen LogP contribution is 2.33. The number of likely N-dealkylation sites (tertiary alicyclic amines) is 1. The highest BCUT2D eigenvalue weighted by molar-refractivity contribution is 6.08. The Bertz CT molecular complexity index is 1010. The molecule has 0 bridgehead atoms. The van der Waals surface area contributed by atoms with Crippen molar-refractivity contribution < 1.29 is 23.8 Å². The monoisotopic (exact) mass is 416 g/mol. The highest BCUT2D eigenvalue weighted by Gasteiger charge is 2.34. The van der Waals surface area contributed by atoms with Crippen LogP contribution in [0.3, 0.4) is 0 Å². The van der Waals surface area contributed by atoms with Crippen molar-refractivity contribution in [1.29, 1.82) is 0 Å². The molecule has 8 heteroatoms. The summed E-state index contributed by atoms with van der Waals surface area (Å²) in [6.07, 6.45) is 3.79. The molecule has 0 N–H and O–H groups in total. The van der Waals surface area contributed by atoms with E-state index in [0.29, 0.717) is 47.3 Å². The predicted molar refractivity (Wildman–Crippen MR) is 112 cm³/mol. The van der Waals surface area contributed by atoms with E-state index in [1.807, 2.05) is 6.92 Å². The lowest BCUT2D eigenvalue weighted by atomic mass is 9.99. The molecule has 0 radical (unpaired) electrons. The summed E-state index contributed by atoms with van der Waals surface area (Å²) >= 11 is 0. The molecule has 1 aromatic carbocycles. The van der Waals surface area contributed by atoms with Crippen molar-refractivity contribution in [2.24, 2.45) is 0 Å². The van der Waals surface area contributed by atoms with Crippen LogP contribution in [0.2, 0.25) is 0 Å². The maximum atomic E-state index is 13.6. The van der Waals surface area contributed by atoms with Gasteiger partial charge in [-0.05, 0) is 45.2 Å². The van der Waals surface area contributed by atoms with E-state index in [2.05, 4.69) is 0 Å². The molecule has 1 aromatic heterocycles. The first kappa shape index (κ1) is 21.7. The number of hydrogen-bond acceptors (Lipinski definition) is 6. The molecular weight excluding hydrogens is 388 g/mol. The van der Waals surface area contributed by atoms with Gasteiger partial charge in [-0.15, -0.1) is 0 Å². The van der Waals surface area contributed by atoms with Crippen molar-refractivity contribution in [3.63, 3.8) is 0 Å². The van der Waals surface area contributed by atoms with Gasteiger partial charge in [0, 0.05) is 24.7 Å². The van der Waals surface area contributed by atoms with Gasteiger partial charge in [-0.3, -0.25) is 9.59 Å². The number of rotatable bonds is 6. The topological polar surface area (TPSA) is 87.1 Å². The van der Waals surface area contributed by atoms with E-state index >= 15 is 0 Å². The lowest BCUT2D eigenvalue weighted by molar-refractivity contribution is -0.149. The number of pyridine rings is 1. The summed E-state index contributed by atoms with van der Waals surface area (Å²) in [6, 6.07) is 2.62. The number of nitrogens with zero attached hydrogens (tertiary/aromatic N) is 2. The second kappa shape index (κ2) is 9.19. The average molecular weight is 416 g/mol. The molecule has 1 aliphatic rings. The van der Waals surface area contributed by atoms with Crippen LogP contribution in [0.15, 0.2) is 23.1 Å². The second-order valence-corrected chi connectivity index (χ2v) is 7.15. The van der Waals surface area contributed by atoms with Crippen molar-refractivity contribution in [2.75, 3.05) is 27.4 Å². The van der Waals surface area contributed by atoms with E-state index in [4.69, 9.17) is 14.2 Å². The molecule has 1 atom stereocenters. The van der Waals surface area contributed by atoms with Crippen LogP contribution in [0.1, 0.15) is 43.5 Å². The number of aromatic nitrogens is 1. The molecule has 3 rings (SSSR count). The Morgan fingerprint density at radius 3 is 2.33 bits per heavy atom. The molecule has 1 aliphatic heterocycles. The van der Waals surface area contributed by atoms with Crippen LogP contribution in [0.25, 0.3) is 10.8 Å². The van der Waals surface area contributed by atoms with Crippen molar-refractivity contribution in [3.8, 4) is 11.5 Å². The number of hydrogen-bond donors (Lipinski definition) is 0. The van der Waals surface area contributed by atoms with Gasteiger partial charge in [-0.25, -0.2) is 4.79 Å². The summed E-state index contributed by atoms with van der Waals surface area (Å²) in [5, 5.41) is 0.838. The van der Waals surface area contributed by atoms with Crippen molar-refractivity contribution >= 4 is 22.6 Å². The van der Waals surface area contributed by atoms with Gasteiger partial charge in [-0.2, -0.15) is 0 Å². The van der Waals surface area contributed by atoms with Crippen LogP contribution in [0, 0.1) is 0 Å². The summed E-state index contributed by atoms with van der Waals surface area (Å²) in [4.78, 5) is 40.5. The molecule has 0 spiro atoms. The first-order valence-electron chi connectivity index (χ1n) is 10.2. The largest absolute Gasteiger partial charge is 0.493 e. The summed E-state index contributed by atoms with van der Waals surface area (Å²) in [6.45, 7) is 4.72. The highest BCUT2D eigenvalue weighted by atomic mass is 16.5. The number of fused-ring (bicyclic) bond motifs is 1. The van der Waals surface area contributed by atoms with Gasteiger partial charge in [0.05, 0.1) is 31.8 Å². The number of benzene rings is 1. The van der Waals surface area contributed by atoms with E-state index in [1.54, 1.807) is 30.2 Å². The number of ether oxygens (including phenoxy) is 3. The molecular formula is C22H28N2O6. The van der Waals surface area contributed by atoms with Crippen LogP contribution < -0.4 is 15.0 Å². The van der Waals surface area contributed by atoms with E-state index in [9.17, 15) is 14.4 Å². The Kier molecular flexibility index (Phi) is 6.64. The van der Waals surface area contributed by atoms with Gasteiger partial charge in [0.15, 0.2) is 11.5 Å². The molecule has 1 saturated heterocycles. The minimum absolute atomic E-state index is 0.217. The van der Waals surface area contributed by atoms with E-state index < -0.39 is 12.0 Å². The third kappa shape index (κ3) is 3.86. The molecule has 1 unspecified atom stereocenters. The standard InChI is InChI=1S/C22H28N2O6/c1-5-23-13-16(14-11-18(28-3)19(29-4)12-15(14)20(23)25)21(26)24-10-8-7-9-17(24)22(27)30-6-2/h11-13,17H,5-10H2,1-4H3. The SMILES string of the molecule is CCOC(=O)C1CCCCN1C(=O)c1cn(CC)c(=O)c2cc(OC)c(OC)cc12. The molecule has 1 amide bonds. The zero-order valence-corrected chi connectivity index (χ0v) is 17.9. The number of aryl methyl sites for hydroxylation is 1. The predicted octanol–water partition coefficient (Wildman–Crippen LogP) is 2.60. The Morgan fingerprint density at radius 1 is 1.07 bits per heavy atom. The Labute approximate surface area is 175 Å². The van der Waals surface area contributed by atoms with E-state index in [1.165, 1.54) is 18.8 Å². The fourth-order valence-electron chi connectivity index (χ4n) is 3.94. The molecule has 1 fully saturated rings. The third-order valence-electron chi connectivity index (χ3n) is 5.48. The maximum absolute atomic E-state index is 13.6. The van der Waals surface area contributed by atoms with E-state index in [-0.39, 0.29) is 18.1 Å². The van der Waals surface area contributed by atoms with Gasteiger partial charge in [-0.1, -0.05) is 0 Å². The Morgan fingerprint density at radius 2 is 1.73 bits per heavy atom. The summed E-state index contributed by atoms with van der Waals surface area (Å²) in [5.74, 6) is 0.148. The van der Waals surface area contributed by atoms with Crippen molar-refractivity contribution in [3.05, 3.63) is 34.2 Å². The van der Waals surface area contributed by atoms with Crippen molar-refractivity contribution in [2.45, 2.75) is 45.7 Å². The summed E-state index contributed by atoms with van der Waals surface area (Å²) < 4.78 is 17.4. The average Bonchev–Trinajstić information content (AvgIpc) is 2.78. The van der Waals surface area contributed by atoms with Gasteiger partial charge in [0.2, 0.25) is 0 Å². The molecule has 162 valence electrons. The van der Waals surface area contributed by atoms with Crippen molar-refractivity contribution in [1.82, 2.24) is 9.47 Å². The molecule has 0 aliphatic carbocycles. The van der Waals surface area contributed by atoms with Gasteiger partial charge < -0.3 is 23.7 Å². The van der Waals surface area contributed by atoms with Crippen LogP contribution in [0.4, 0.5) is 0 Å². The van der Waals surface area contributed by atoms with Gasteiger partial charge in [0.1, 0.15) is 6.04 Å². The fraction of sp³-hybridized carbons (Fsp3) is 0.500. The normalized spacial score (nSPS) is 16.4. The molecule has 2 heterocycles. The zero-order valence-electron chi connectivity index (χ0n) is 17.9. The lowest BCUT2D eigenvalue weighted by Gasteiger charge is -2.34. The number of carbonyl (C=O) groups excluding carboxylic acids is 2. The number of esters is 1. The molecule has 0 saturated carbocycles. The van der Waals surface area contributed by atoms with Gasteiger partial charge >= 0.3 is 5.97 Å². The van der Waals surface area contributed by atoms with Crippen LogP contribution in [-0.4, -0.2) is 54.8 Å². The smallest absolute Gasteiger partial charge is 0.328 e. The third-order valence-corrected chi connectivity index (χ3v) is 5.48. The number of methoxy groups -OCH3 is 2. The first-order chi connectivity index (χ1) is 14.5. The van der Waals surface area contributed by atoms with Crippen LogP contribution in [-0.2, 0) is 16.1 Å². The minimum atomic E-state index is -0.622. The molecule has 2 aromatic rings. The minimum Gasteiger partial charge on any atom is -0.493 e. The molecule has 8 nitrogen and oxygen atoms in total. The first-order valence-corrected chi connectivity index (χ1v) is 10.2. The summed E-state index contributed by atoms with van der Waals surface area (Å²) in [5.41, 5.74) is 0.134. The summed E-state index contributed by atoms with van der Waals surface area (Å²) in [7, 11) is 2.99.